The monoisotopic (exact) mass is 530 g/mol. The van der Waals surface area contributed by atoms with Gasteiger partial charge in [-0.3, -0.25) is 9.59 Å². The van der Waals surface area contributed by atoms with Crippen molar-refractivity contribution in [2.45, 2.75) is 44.8 Å². The number of pyridine rings is 1. The van der Waals surface area contributed by atoms with E-state index >= 15 is 0 Å². The van der Waals surface area contributed by atoms with E-state index in [1.807, 2.05) is 41.3 Å². The maximum atomic E-state index is 13.4. The normalized spacial score (nSPS) is 19.3. The lowest BCUT2D eigenvalue weighted by molar-refractivity contribution is -0.134. The van der Waals surface area contributed by atoms with Gasteiger partial charge in [-0.25, -0.2) is 4.98 Å². The predicted octanol–water partition coefficient (Wildman–Crippen LogP) is 5.09. The highest BCUT2D eigenvalue weighted by atomic mass is 35.5. The molecule has 38 heavy (non-hydrogen) atoms. The van der Waals surface area contributed by atoms with Gasteiger partial charge in [-0.2, -0.15) is 0 Å². The minimum absolute atomic E-state index is 0.00286. The number of nitrogens with zero attached hydrogens (tertiary/aromatic N) is 3. The molecule has 6 rings (SSSR count). The summed E-state index contributed by atoms with van der Waals surface area (Å²) in [6.07, 6.45) is 4.35. The van der Waals surface area contributed by atoms with Crippen LogP contribution in [0.1, 0.15) is 52.9 Å². The van der Waals surface area contributed by atoms with Crippen molar-refractivity contribution in [3.63, 3.8) is 0 Å². The topological polar surface area (TPSA) is 74.8 Å². The first-order valence-electron chi connectivity index (χ1n) is 13.3. The van der Waals surface area contributed by atoms with Crippen LogP contribution in [-0.4, -0.2) is 58.9 Å². The summed E-state index contributed by atoms with van der Waals surface area (Å²) in [6.45, 7) is 4.72. The van der Waals surface area contributed by atoms with Crippen LogP contribution in [0, 0.1) is 0 Å². The third-order valence-corrected chi connectivity index (χ3v) is 8.27. The van der Waals surface area contributed by atoms with Crippen LogP contribution in [0.4, 0.5) is 5.82 Å². The van der Waals surface area contributed by atoms with Crippen molar-refractivity contribution in [2.24, 2.45) is 0 Å². The maximum Gasteiger partial charge on any atom is 0.254 e. The molecule has 0 saturated carbocycles. The second-order valence-corrected chi connectivity index (χ2v) is 10.7. The Morgan fingerprint density at radius 2 is 1.92 bits per heavy atom. The van der Waals surface area contributed by atoms with Gasteiger partial charge in [-0.05, 0) is 60.6 Å². The van der Waals surface area contributed by atoms with Crippen molar-refractivity contribution in [1.29, 1.82) is 0 Å². The summed E-state index contributed by atoms with van der Waals surface area (Å²) >= 11 is 6.54. The van der Waals surface area contributed by atoms with Gasteiger partial charge in [0.25, 0.3) is 5.91 Å². The molecule has 1 aromatic heterocycles. The molecule has 0 unspecified atom stereocenters. The quantitative estimate of drug-likeness (QED) is 0.497. The van der Waals surface area contributed by atoms with E-state index in [2.05, 4.69) is 29.4 Å². The van der Waals surface area contributed by atoms with E-state index in [4.69, 9.17) is 16.3 Å². The average molecular weight is 531 g/mol. The molecule has 3 aliphatic heterocycles. The molecular formula is C30H31ClN4O3. The van der Waals surface area contributed by atoms with Crippen LogP contribution in [0.5, 0.6) is 0 Å². The highest BCUT2D eigenvalue weighted by molar-refractivity contribution is 6.33. The lowest BCUT2D eigenvalue weighted by atomic mass is 9.93. The Balaban J connectivity index is 1.17. The zero-order valence-corrected chi connectivity index (χ0v) is 22.2. The number of nitrogens with one attached hydrogen (secondary N) is 1. The standard InChI is InChI=1S/C30H31ClN4O3/c1-19-24-5-3-2-4-20(24)8-11-35(19)29(36)18-34-17-22-7-6-21(14-26(22)30(34)37)25-15-28(32-16-27(25)31)33-23-9-12-38-13-10-23/h2-7,14-16,19,23H,8-13,17-18H2,1H3,(H,32,33)/t19-/m0/s1. The Kier molecular flexibility index (Phi) is 6.80. The van der Waals surface area contributed by atoms with Crippen molar-refractivity contribution in [2.75, 3.05) is 31.6 Å². The number of amides is 2. The molecule has 1 N–H and O–H groups in total. The fourth-order valence-electron chi connectivity index (χ4n) is 5.81. The third-order valence-electron chi connectivity index (χ3n) is 7.97. The molecule has 0 radical (unpaired) electrons. The number of rotatable bonds is 5. The minimum Gasteiger partial charge on any atom is -0.381 e. The first-order valence-corrected chi connectivity index (χ1v) is 13.7. The highest BCUT2D eigenvalue weighted by Gasteiger charge is 2.33. The molecule has 1 atom stereocenters. The SMILES string of the molecule is C[C@H]1c2ccccc2CCN1C(=O)CN1Cc2ccc(-c3cc(NC4CCOCC4)ncc3Cl)cc2C1=O. The first kappa shape index (κ1) is 24.9. The van der Waals surface area contributed by atoms with E-state index in [0.29, 0.717) is 29.7 Å². The maximum absolute atomic E-state index is 13.4. The smallest absolute Gasteiger partial charge is 0.254 e. The number of halogens is 1. The summed E-state index contributed by atoms with van der Waals surface area (Å²) in [5.41, 5.74) is 5.71. The van der Waals surface area contributed by atoms with E-state index in [1.54, 1.807) is 11.1 Å². The molecule has 3 aromatic rings. The molecule has 2 aromatic carbocycles. The molecule has 3 aliphatic rings. The summed E-state index contributed by atoms with van der Waals surface area (Å²) in [5.74, 6) is 0.618. The van der Waals surface area contributed by atoms with E-state index < -0.39 is 0 Å². The fourth-order valence-corrected chi connectivity index (χ4v) is 6.03. The molecule has 0 spiro atoms. The van der Waals surface area contributed by atoms with Crippen molar-refractivity contribution in [3.8, 4) is 11.1 Å². The van der Waals surface area contributed by atoms with Gasteiger partial charge in [0.05, 0.1) is 11.1 Å². The number of hydrogen-bond acceptors (Lipinski definition) is 5. The lowest BCUT2D eigenvalue weighted by Crippen LogP contribution is -2.44. The van der Waals surface area contributed by atoms with Crippen molar-refractivity contribution >= 4 is 29.2 Å². The number of anilines is 1. The predicted molar refractivity (Wildman–Crippen MR) is 147 cm³/mol. The van der Waals surface area contributed by atoms with E-state index in [9.17, 15) is 9.59 Å². The first-order chi connectivity index (χ1) is 18.5. The zero-order chi connectivity index (χ0) is 26.2. The van der Waals surface area contributed by atoms with Crippen LogP contribution in [0.15, 0.2) is 54.7 Å². The lowest BCUT2D eigenvalue weighted by Gasteiger charge is -2.36. The van der Waals surface area contributed by atoms with Crippen LogP contribution in [0.3, 0.4) is 0 Å². The van der Waals surface area contributed by atoms with Crippen LogP contribution in [0.2, 0.25) is 5.02 Å². The van der Waals surface area contributed by atoms with Gasteiger partial charge in [0.1, 0.15) is 12.4 Å². The molecule has 8 heteroatoms. The number of benzene rings is 2. The summed E-state index contributed by atoms with van der Waals surface area (Å²) < 4.78 is 5.45. The van der Waals surface area contributed by atoms with Crippen LogP contribution < -0.4 is 5.32 Å². The Morgan fingerprint density at radius 1 is 1.11 bits per heavy atom. The number of fused-ring (bicyclic) bond motifs is 2. The van der Waals surface area contributed by atoms with Gasteiger partial charge in [0, 0.05) is 49.7 Å². The molecule has 2 amide bonds. The fraction of sp³-hybridized carbons (Fsp3) is 0.367. The number of carbonyl (C=O) groups excluding carboxylic acids is 2. The van der Waals surface area contributed by atoms with E-state index in [0.717, 1.165) is 55.0 Å². The average Bonchev–Trinajstić information content (AvgIpc) is 3.24. The number of aromatic nitrogens is 1. The summed E-state index contributed by atoms with van der Waals surface area (Å²) in [6, 6.07) is 16.4. The molecular weight excluding hydrogens is 500 g/mol. The van der Waals surface area contributed by atoms with Crippen LogP contribution >= 0.6 is 11.6 Å². The molecule has 4 heterocycles. The summed E-state index contributed by atoms with van der Waals surface area (Å²) in [4.78, 5) is 34.7. The second kappa shape index (κ2) is 10.4. The Hall–Kier alpha value is -3.42. The largest absolute Gasteiger partial charge is 0.381 e. The third kappa shape index (κ3) is 4.76. The highest BCUT2D eigenvalue weighted by Crippen LogP contribution is 2.34. The van der Waals surface area contributed by atoms with E-state index in [1.165, 1.54) is 11.1 Å². The van der Waals surface area contributed by atoms with Gasteiger partial charge in [-0.1, -0.05) is 48.0 Å². The summed E-state index contributed by atoms with van der Waals surface area (Å²) in [5, 5.41) is 4.01. The zero-order valence-electron chi connectivity index (χ0n) is 21.5. The van der Waals surface area contributed by atoms with Crippen LogP contribution in [-0.2, 0) is 22.5 Å². The van der Waals surface area contributed by atoms with Gasteiger partial charge in [0.15, 0.2) is 0 Å². The number of carbonyl (C=O) groups is 2. The second-order valence-electron chi connectivity index (χ2n) is 10.3. The van der Waals surface area contributed by atoms with Crippen molar-refractivity contribution in [3.05, 3.63) is 82.0 Å². The molecule has 196 valence electrons. The van der Waals surface area contributed by atoms with Crippen molar-refractivity contribution in [1.82, 2.24) is 14.8 Å². The minimum atomic E-state index is -0.119. The van der Waals surface area contributed by atoms with Gasteiger partial charge in [-0.15, -0.1) is 0 Å². The van der Waals surface area contributed by atoms with Gasteiger partial charge in [0.2, 0.25) is 5.91 Å². The molecule has 0 bridgehead atoms. The summed E-state index contributed by atoms with van der Waals surface area (Å²) in [7, 11) is 0. The molecule has 7 nitrogen and oxygen atoms in total. The Bertz CT molecular complexity index is 1390. The number of hydrogen-bond donors (Lipinski definition) is 1. The van der Waals surface area contributed by atoms with Gasteiger partial charge < -0.3 is 19.9 Å². The molecule has 1 fully saturated rings. The van der Waals surface area contributed by atoms with Gasteiger partial charge >= 0.3 is 0 Å². The number of ether oxygens (including phenoxy) is 1. The Labute approximate surface area is 227 Å². The van der Waals surface area contributed by atoms with Crippen LogP contribution in [0.25, 0.3) is 11.1 Å². The van der Waals surface area contributed by atoms with E-state index in [-0.39, 0.29) is 24.4 Å². The Morgan fingerprint density at radius 3 is 2.76 bits per heavy atom. The van der Waals surface area contributed by atoms with Crippen molar-refractivity contribution < 1.29 is 14.3 Å². The molecule has 1 saturated heterocycles. The molecule has 0 aliphatic carbocycles.